The standard InChI is InChI=1S/C19H15ClN2O3/c20-14-6-8-17(21)16(10-14)19(24)25-11-18(23)22-15-7-5-12-3-1-2-4-13(12)9-15/h1-10H,11,21H2,(H,22,23). The molecule has 3 aromatic rings. The molecule has 25 heavy (non-hydrogen) atoms. The van der Waals surface area contributed by atoms with Gasteiger partial charge in [-0.2, -0.15) is 0 Å². The number of carbonyl (C=O) groups is 2. The zero-order valence-corrected chi connectivity index (χ0v) is 13.9. The predicted octanol–water partition coefficient (Wildman–Crippen LogP) is 3.87. The molecule has 3 rings (SSSR count). The Labute approximate surface area is 149 Å². The van der Waals surface area contributed by atoms with Crippen LogP contribution in [0, 0.1) is 0 Å². The first-order chi connectivity index (χ1) is 12.0. The van der Waals surface area contributed by atoms with Crippen LogP contribution in [0.2, 0.25) is 5.02 Å². The Hall–Kier alpha value is -3.05. The maximum Gasteiger partial charge on any atom is 0.340 e. The third kappa shape index (κ3) is 4.08. The summed E-state index contributed by atoms with van der Waals surface area (Å²) in [7, 11) is 0. The first kappa shape index (κ1) is 16.8. The van der Waals surface area contributed by atoms with Crippen LogP contribution in [0.3, 0.4) is 0 Å². The second-order valence-corrected chi connectivity index (χ2v) is 5.85. The van der Waals surface area contributed by atoms with E-state index in [4.69, 9.17) is 22.1 Å². The molecule has 5 nitrogen and oxygen atoms in total. The van der Waals surface area contributed by atoms with Gasteiger partial charge in [0.1, 0.15) is 0 Å². The zero-order chi connectivity index (χ0) is 17.8. The fraction of sp³-hybridized carbons (Fsp3) is 0.0526. The molecule has 3 aromatic carbocycles. The minimum Gasteiger partial charge on any atom is -0.452 e. The van der Waals surface area contributed by atoms with Crippen molar-refractivity contribution < 1.29 is 14.3 Å². The summed E-state index contributed by atoms with van der Waals surface area (Å²) in [6.07, 6.45) is 0. The van der Waals surface area contributed by atoms with Crippen LogP contribution in [0.25, 0.3) is 10.8 Å². The molecule has 0 saturated heterocycles. The SMILES string of the molecule is Nc1ccc(Cl)cc1C(=O)OCC(=O)Nc1ccc2ccccc2c1. The summed E-state index contributed by atoms with van der Waals surface area (Å²) in [4.78, 5) is 24.0. The molecule has 0 atom stereocenters. The van der Waals surface area contributed by atoms with Gasteiger partial charge in [0.2, 0.25) is 0 Å². The summed E-state index contributed by atoms with van der Waals surface area (Å²) >= 11 is 5.84. The molecule has 1 amide bonds. The number of hydrogen-bond acceptors (Lipinski definition) is 4. The van der Waals surface area contributed by atoms with Gasteiger partial charge in [-0.05, 0) is 41.1 Å². The minimum atomic E-state index is -0.700. The lowest BCUT2D eigenvalue weighted by Gasteiger charge is -2.09. The Kier molecular flexibility index (Phi) is 4.86. The Morgan fingerprint density at radius 3 is 2.56 bits per heavy atom. The normalized spacial score (nSPS) is 10.4. The lowest BCUT2D eigenvalue weighted by molar-refractivity contribution is -0.119. The van der Waals surface area contributed by atoms with Crippen LogP contribution in [0.5, 0.6) is 0 Å². The molecule has 0 bridgehead atoms. The monoisotopic (exact) mass is 354 g/mol. The van der Waals surface area contributed by atoms with E-state index in [1.165, 1.54) is 12.1 Å². The van der Waals surface area contributed by atoms with Crippen molar-refractivity contribution in [2.75, 3.05) is 17.7 Å². The van der Waals surface area contributed by atoms with Gasteiger partial charge in [-0.3, -0.25) is 4.79 Å². The fourth-order valence-electron chi connectivity index (χ4n) is 2.38. The molecule has 0 aliphatic heterocycles. The van der Waals surface area contributed by atoms with Gasteiger partial charge >= 0.3 is 5.97 Å². The quantitative estimate of drug-likeness (QED) is 0.550. The number of esters is 1. The van der Waals surface area contributed by atoms with Crippen LogP contribution in [0.1, 0.15) is 10.4 Å². The highest BCUT2D eigenvalue weighted by atomic mass is 35.5. The Bertz CT molecular complexity index is 956. The molecular formula is C19H15ClN2O3. The number of anilines is 2. The number of hydrogen-bond donors (Lipinski definition) is 2. The summed E-state index contributed by atoms with van der Waals surface area (Å²) in [5.41, 5.74) is 6.71. The third-order valence-corrected chi connectivity index (χ3v) is 3.84. The van der Waals surface area contributed by atoms with E-state index in [2.05, 4.69) is 5.32 Å². The molecule has 0 spiro atoms. The molecule has 0 radical (unpaired) electrons. The molecule has 0 saturated carbocycles. The molecule has 0 aromatic heterocycles. The Morgan fingerprint density at radius 1 is 1.00 bits per heavy atom. The van der Waals surface area contributed by atoms with Gasteiger partial charge in [0.05, 0.1) is 5.56 Å². The second-order valence-electron chi connectivity index (χ2n) is 5.42. The summed E-state index contributed by atoms with van der Waals surface area (Å²) < 4.78 is 5.00. The average molecular weight is 355 g/mol. The van der Waals surface area contributed by atoms with Crippen molar-refractivity contribution in [2.45, 2.75) is 0 Å². The number of nitrogens with one attached hydrogen (secondary N) is 1. The van der Waals surface area contributed by atoms with Crippen molar-refractivity contribution in [3.63, 3.8) is 0 Å². The lowest BCUT2D eigenvalue weighted by Crippen LogP contribution is -2.21. The first-order valence-corrected chi connectivity index (χ1v) is 7.91. The van der Waals surface area contributed by atoms with E-state index in [0.29, 0.717) is 10.7 Å². The third-order valence-electron chi connectivity index (χ3n) is 3.60. The van der Waals surface area contributed by atoms with Crippen LogP contribution in [-0.4, -0.2) is 18.5 Å². The zero-order valence-electron chi connectivity index (χ0n) is 13.2. The highest BCUT2D eigenvalue weighted by Gasteiger charge is 2.14. The maximum atomic E-state index is 12.0. The van der Waals surface area contributed by atoms with E-state index in [-0.39, 0.29) is 11.3 Å². The maximum absolute atomic E-state index is 12.0. The summed E-state index contributed by atoms with van der Waals surface area (Å²) in [6.45, 7) is -0.419. The molecule has 0 unspecified atom stereocenters. The predicted molar refractivity (Wildman–Crippen MR) is 98.7 cm³/mol. The Morgan fingerprint density at radius 2 is 1.76 bits per heavy atom. The van der Waals surface area contributed by atoms with E-state index in [0.717, 1.165) is 10.8 Å². The van der Waals surface area contributed by atoms with Gasteiger partial charge in [-0.15, -0.1) is 0 Å². The van der Waals surface area contributed by atoms with Crippen molar-refractivity contribution in [1.82, 2.24) is 0 Å². The average Bonchev–Trinajstić information content (AvgIpc) is 2.61. The topological polar surface area (TPSA) is 81.4 Å². The van der Waals surface area contributed by atoms with Crippen LogP contribution in [0.15, 0.2) is 60.7 Å². The second kappa shape index (κ2) is 7.23. The van der Waals surface area contributed by atoms with Crippen molar-refractivity contribution in [3.05, 3.63) is 71.2 Å². The van der Waals surface area contributed by atoms with E-state index in [9.17, 15) is 9.59 Å². The molecule has 0 fully saturated rings. The van der Waals surface area contributed by atoms with E-state index in [1.807, 2.05) is 36.4 Å². The van der Waals surface area contributed by atoms with Crippen molar-refractivity contribution in [1.29, 1.82) is 0 Å². The molecular weight excluding hydrogens is 340 g/mol. The number of benzene rings is 3. The number of nitrogen functional groups attached to an aromatic ring is 1. The number of nitrogens with two attached hydrogens (primary N) is 1. The summed E-state index contributed by atoms with van der Waals surface area (Å²) in [6, 6.07) is 17.8. The van der Waals surface area contributed by atoms with Gasteiger partial charge in [0.25, 0.3) is 5.91 Å². The van der Waals surface area contributed by atoms with E-state index >= 15 is 0 Å². The molecule has 0 aliphatic rings. The molecule has 6 heteroatoms. The van der Waals surface area contributed by atoms with Gasteiger partial charge in [-0.25, -0.2) is 4.79 Å². The van der Waals surface area contributed by atoms with E-state index < -0.39 is 18.5 Å². The highest BCUT2D eigenvalue weighted by Crippen LogP contribution is 2.20. The highest BCUT2D eigenvalue weighted by molar-refractivity contribution is 6.31. The van der Waals surface area contributed by atoms with Crippen molar-refractivity contribution >= 4 is 45.6 Å². The van der Waals surface area contributed by atoms with Crippen LogP contribution in [-0.2, 0) is 9.53 Å². The van der Waals surface area contributed by atoms with Crippen molar-refractivity contribution in [2.24, 2.45) is 0 Å². The molecule has 0 heterocycles. The minimum absolute atomic E-state index is 0.131. The first-order valence-electron chi connectivity index (χ1n) is 7.54. The van der Waals surface area contributed by atoms with Crippen LogP contribution >= 0.6 is 11.6 Å². The Balaban J connectivity index is 1.62. The van der Waals surface area contributed by atoms with Gasteiger partial charge in [0, 0.05) is 16.4 Å². The van der Waals surface area contributed by atoms with Gasteiger partial charge in [-0.1, -0.05) is 41.9 Å². The smallest absolute Gasteiger partial charge is 0.340 e. The van der Waals surface area contributed by atoms with Gasteiger partial charge < -0.3 is 15.8 Å². The van der Waals surface area contributed by atoms with E-state index in [1.54, 1.807) is 12.1 Å². The number of fused-ring (bicyclic) bond motifs is 1. The summed E-state index contributed by atoms with van der Waals surface area (Å²) in [5, 5.41) is 5.13. The summed E-state index contributed by atoms with van der Waals surface area (Å²) in [5.74, 6) is -1.14. The number of amides is 1. The van der Waals surface area contributed by atoms with Crippen LogP contribution in [0.4, 0.5) is 11.4 Å². The fourth-order valence-corrected chi connectivity index (χ4v) is 2.55. The number of ether oxygens (including phenoxy) is 1. The molecule has 3 N–H and O–H groups in total. The number of halogens is 1. The number of rotatable bonds is 4. The largest absolute Gasteiger partial charge is 0.452 e. The molecule has 126 valence electrons. The van der Waals surface area contributed by atoms with Gasteiger partial charge in [0.15, 0.2) is 6.61 Å². The molecule has 0 aliphatic carbocycles. The lowest BCUT2D eigenvalue weighted by atomic mass is 10.1. The van der Waals surface area contributed by atoms with Crippen molar-refractivity contribution in [3.8, 4) is 0 Å². The number of carbonyl (C=O) groups excluding carboxylic acids is 2. The van der Waals surface area contributed by atoms with Crippen LogP contribution < -0.4 is 11.1 Å².